The first kappa shape index (κ1) is 13.1. The Hall–Kier alpha value is -2.89. The third-order valence-corrected chi connectivity index (χ3v) is 2.89. The molecule has 0 saturated heterocycles. The topological polar surface area (TPSA) is 78.4 Å². The number of hydrogen-bond donors (Lipinski definition) is 0. The van der Waals surface area contributed by atoms with Gasteiger partial charge in [-0.2, -0.15) is 0 Å². The molecule has 3 rings (SSSR count). The van der Waals surface area contributed by atoms with E-state index < -0.39 is 5.97 Å². The van der Waals surface area contributed by atoms with Crippen LogP contribution in [0.25, 0.3) is 11.3 Å². The van der Waals surface area contributed by atoms with Crippen LogP contribution in [0, 0.1) is 6.92 Å². The maximum atomic E-state index is 11.6. The first-order chi connectivity index (χ1) is 10.2. The first-order valence-corrected chi connectivity index (χ1v) is 6.33. The number of ether oxygens (including phenoxy) is 1. The van der Waals surface area contributed by atoms with Crippen molar-refractivity contribution < 1.29 is 18.6 Å². The first-order valence-electron chi connectivity index (χ1n) is 6.33. The van der Waals surface area contributed by atoms with E-state index >= 15 is 0 Å². The molecule has 6 heteroatoms. The Bertz CT molecular complexity index is 729. The summed E-state index contributed by atoms with van der Waals surface area (Å²) in [7, 11) is 0. The summed E-state index contributed by atoms with van der Waals surface area (Å²) in [5.41, 5.74) is 2.61. The Labute approximate surface area is 120 Å². The van der Waals surface area contributed by atoms with Crippen molar-refractivity contribution in [1.29, 1.82) is 0 Å². The van der Waals surface area contributed by atoms with Crippen LogP contribution in [0.4, 0.5) is 0 Å². The fourth-order valence-corrected chi connectivity index (χ4v) is 1.77. The van der Waals surface area contributed by atoms with Crippen LogP contribution in [-0.4, -0.2) is 16.3 Å². The maximum absolute atomic E-state index is 11.6. The highest BCUT2D eigenvalue weighted by molar-refractivity contribution is 5.85. The largest absolute Gasteiger partial charge is 0.453 e. The third-order valence-electron chi connectivity index (χ3n) is 2.89. The Kier molecular flexibility index (Phi) is 3.51. The summed E-state index contributed by atoms with van der Waals surface area (Å²) in [6.07, 6.45) is 1.38. The Morgan fingerprint density at radius 1 is 1.19 bits per heavy atom. The molecule has 0 aliphatic heterocycles. The summed E-state index contributed by atoms with van der Waals surface area (Å²) < 4.78 is 15.0. The molecular formula is C15H12N2O4. The van der Waals surface area contributed by atoms with Gasteiger partial charge in [0.15, 0.2) is 5.76 Å². The quantitative estimate of drug-likeness (QED) is 0.685. The van der Waals surface area contributed by atoms with Gasteiger partial charge in [-0.3, -0.25) is 0 Å². The fourth-order valence-electron chi connectivity index (χ4n) is 1.77. The molecule has 0 spiro atoms. The van der Waals surface area contributed by atoms with Gasteiger partial charge in [0, 0.05) is 17.7 Å². The molecule has 106 valence electrons. The van der Waals surface area contributed by atoms with Crippen molar-refractivity contribution in [2.45, 2.75) is 13.5 Å². The second kappa shape index (κ2) is 5.62. The minimum Gasteiger partial charge on any atom is -0.453 e. The number of carbonyl (C=O) groups excluding carboxylic acids is 1. The Morgan fingerprint density at radius 3 is 2.71 bits per heavy atom. The number of benzene rings is 1. The van der Waals surface area contributed by atoms with Crippen molar-refractivity contribution in [3.63, 3.8) is 0 Å². The molecule has 0 amide bonds. The molecule has 1 aromatic carbocycles. The van der Waals surface area contributed by atoms with Crippen LogP contribution >= 0.6 is 0 Å². The van der Waals surface area contributed by atoms with Gasteiger partial charge in [-0.1, -0.05) is 40.1 Å². The Balaban J connectivity index is 1.65. The molecule has 21 heavy (non-hydrogen) atoms. The van der Waals surface area contributed by atoms with Crippen LogP contribution in [-0.2, 0) is 11.3 Å². The molecule has 0 aliphatic rings. The fraction of sp³-hybridized carbons (Fsp3) is 0.133. The Morgan fingerprint density at radius 2 is 2.00 bits per heavy atom. The highest BCUT2D eigenvalue weighted by Crippen LogP contribution is 2.21. The van der Waals surface area contributed by atoms with Gasteiger partial charge in [-0.15, -0.1) is 0 Å². The van der Waals surface area contributed by atoms with Gasteiger partial charge < -0.3 is 13.8 Å². The lowest BCUT2D eigenvalue weighted by Crippen LogP contribution is -2.03. The van der Waals surface area contributed by atoms with E-state index in [2.05, 4.69) is 10.3 Å². The van der Waals surface area contributed by atoms with Crippen molar-refractivity contribution in [3.05, 3.63) is 59.6 Å². The zero-order valence-electron chi connectivity index (χ0n) is 11.3. The highest BCUT2D eigenvalue weighted by Gasteiger charge is 2.13. The van der Waals surface area contributed by atoms with Crippen molar-refractivity contribution in [1.82, 2.24) is 10.3 Å². The van der Waals surface area contributed by atoms with E-state index in [9.17, 15) is 4.79 Å². The van der Waals surface area contributed by atoms with E-state index in [0.717, 1.165) is 5.56 Å². The van der Waals surface area contributed by atoms with Crippen LogP contribution in [0.1, 0.15) is 21.8 Å². The monoisotopic (exact) mass is 284 g/mol. The second-order valence-corrected chi connectivity index (χ2v) is 4.50. The van der Waals surface area contributed by atoms with Gasteiger partial charge in [0.2, 0.25) is 5.76 Å². The highest BCUT2D eigenvalue weighted by atomic mass is 16.6. The van der Waals surface area contributed by atoms with Crippen molar-refractivity contribution in [2.24, 2.45) is 0 Å². The third kappa shape index (κ3) is 3.00. The minimum atomic E-state index is -0.590. The SMILES string of the molecule is Cc1ccc(-c2cc(COC(=O)c3ccno3)no2)cc1. The summed E-state index contributed by atoms with van der Waals surface area (Å²) in [4.78, 5) is 11.6. The zero-order valence-corrected chi connectivity index (χ0v) is 11.3. The van der Waals surface area contributed by atoms with E-state index in [1.165, 1.54) is 17.8 Å². The van der Waals surface area contributed by atoms with Crippen molar-refractivity contribution in [2.75, 3.05) is 0 Å². The lowest BCUT2D eigenvalue weighted by molar-refractivity contribution is 0.0417. The van der Waals surface area contributed by atoms with E-state index in [4.69, 9.17) is 13.8 Å². The molecule has 0 aliphatic carbocycles. The normalized spacial score (nSPS) is 10.5. The zero-order chi connectivity index (χ0) is 14.7. The standard InChI is InChI=1S/C15H12N2O4/c1-10-2-4-11(5-3-10)14-8-12(17-21-14)9-19-15(18)13-6-7-16-20-13/h2-8H,9H2,1H3. The lowest BCUT2D eigenvalue weighted by Gasteiger charge is -1.97. The number of aromatic nitrogens is 2. The lowest BCUT2D eigenvalue weighted by atomic mass is 10.1. The molecule has 0 bridgehead atoms. The van der Waals surface area contributed by atoms with Crippen LogP contribution in [0.3, 0.4) is 0 Å². The van der Waals surface area contributed by atoms with E-state index in [0.29, 0.717) is 11.5 Å². The molecule has 0 fully saturated rings. The minimum absolute atomic E-state index is 0.00882. The van der Waals surface area contributed by atoms with Crippen LogP contribution in [0.2, 0.25) is 0 Å². The van der Waals surface area contributed by atoms with Crippen LogP contribution in [0.5, 0.6) is 0 Å². The van der Waals surface area contributed by atoms with Gasteiger partial charge in [0.1, 0.15) is 12.3 Å². The summed E-state index contributed by atoms with van der Waals surface area (Å²) in [6.45, 7) is 2.02. The van der Waals surface area contributed by atoms with Crippen LogP contribution < -0.4 is 0 Å². The second-order valence-electron chi connectivity index (χ2n) is 4.50. The van der Waals surface area contributed by atoms with E-state index in [1.807, 2.05) is 31.2 Å². The summed E-state index contributed by atoms with van der Waals surface area (Å²) >= 11 is 0. The van der Waals surface area contributed by atoms with Gasteiger partial charge >= 0.3 is 5.97 Å². The maximum Gasteiger partial charge on any atom is 0.377 e. The van der Waals surface area contributed by atoms with Crippen molar-refractivity contribution >= 4 is 5.97 Å². The molecule has 3 aromatic rings. The number of aryl methyl sites for hydroxylation is 1. The number of rotatable bonds is 4. The average Bonchev–Trinajstić information content (AvgIpc) is 3.17. The average molecular weight is 284 g/mol. The number of nitrogens with zero attached hydrogens (tertiary/aromatic N) is 2. The van der Waals surface area contributed by atoms with Gasteiger partial charge in [-0.25, -0.2) is 4.79 Å². The number of esters is 1. The number of hydrogen-bond acceptors (Lipinski definition) is 6. The predicted molar refractivity (Wildman–Crippen MR) is 72.3 cm³/mol. The molecule has 0 N–H and O–H groups in total. The van der Waals surface area contributed by atoms with Crippen LogP contribution in [0.15, 0.2) is 51.6 Å². The van der Waals surface area contributed by atoms with Crippen molar-refractivity contribution in [3.8, 4) is 11.3 Å². The predicted octanol–water partition coefficient (Wildman–Crippen LogP) is 3.00. The van der Waals surface area contributed by atoms with E-state index in [1.54, 1.807) is 6.07 Å². The van der Waals surface area contributed by atoms with Gasteiger partial charge in [0.25, 0.3) is 0 Å². The summed E-state index contributed by atoms with van der Waals surface area (Å²) in [6, 6.07) is 11.0. The molecule has 0 atom stereocenters. The molecular weight excluding hydrogens is 272 g/mol. The molecule has 0 radical (unpaired) electrons. The molecule has 2 aromatic heterocycles. The summed E-state index contributed by atoms with van der Waals surface area (Å²) in [5, 5.41) is 7.31. The molecule has 0 saturated carbocycles. The molecule has 6 nitrogen and oxygen atoms in total. The molecule has 2 heterocycles. The van der Waals surface area contributed by atoms with E-state index in [-0.39, 0.29) is 12.4 Å². The molecule has 0 unspecified atom stereocenters. The van der Waals surface area contributed by atoms with Gasteiger partial charge in [0.05, 0.1) is 6.20 Å². The summed E-state index contributed by atoms with van der Waals surface area (Å²) in [5.74, 6) is 0.0883. The number of carbonyl (C=O) groups is 1. The smallest absolute Gasteiger partial charge is 0.377 e. The van der Waals surface area contributed by atoms with Gasteiger partial charge in [-0.05, 0) is 6.92 Å².